The molecule has 21 heavy (non-hydrogen) atoms. The minimum absolute atomic E-state index is 0.00841. The molecule has 0 unspecified atom stereocenters. The van der Waals surface area contributed by atoms with Crippen molar-refractivity contribution < 1.29 is 17.9 Å². The van der Waals surface area contributed by atoms with Gasteiger partial charge in [0, 0.05) is 7.11 Å². The summed E-state index contributed by atoms with van der Waals surface area (Å²) >= 11 is 0. The number of aryl methyl sites for hydroxylation is 1. The SMILES string of the molecule is COCCOc1cc(C)ccc1NS(=O)(=O)c1cnc[nH]1. The number of aromatic amines is 1. The number of H-pyrrole nitrogens is 1. The van der Waals surface area contributed by atoms with Crippen LogP contribution in [0.2, 0.25) is 0 Å². The highest BCUT2D eigenvalue weighted by Crippen LogP contribution is 2.27. The normalized spacial score (nSPS) is 11.3. The molecule has 0 aliphatic rings. The fraction of sp³-hybridized carbons (Fsp3) is 0.308. The van der Waals surface area contributed by atoms with Gasteiger partial charge in [0.05, 0.1) is 24.8 Å². The van der Waals surface area contributed by atoms with Gasteiger partial charge >= 0.3 is 0 Å². The Balaban J connectivity index is 2.23. The zero-order valence-corrected chi connectivity index (χ0v) is 12.6. The van der Waals surface area contributed by atoms with Gasteiger partial charge in [0.25, 0.3) is 10.0 Å². The van der Waals surface area contributed by atoms with Crippen molar-refractivity contribution in [2.24, 2.45) is 0 Å². The number of rotatable bonds is 7. The number of benzene rings is 1. The van der Waals surface area contributed by atoms with Crippen molar-refractivity contribution in [3.05, 3.63) is 36.3 Å². The van der Waals surface area contributed by atoms with Gasteiger partial charge in [0.15, 0.2) is 5.03 Å². The van der Waals surface area contributed by atoms with Crippen molar-refractivity contribution in [2.75, 3.05) is 25.0 Å². The predicted octanol–water partition coefficient (Wildman–Crippen LogP) is 1.54. The molecule has 0 aliphatic heterocycles. The summed E-state index contributed by atoms with van der Waals surface area (Å²) in [6.07, 6.45) is 2.54. The standard InChI is InChI=1S/C13H17N3O4S/c1-10-3-4-11(12(7-10)20-6-5-19-2)16-21(17,18)13-8-14-9-15-13/h3-4,7-9,16H,5-6H2,1-2H3,(H,14,15). The number of sulfonamides is 1. The molecule has 0 aliphatic carbocycles. The number of anilines is 1. The summed E-state index contributed by atoms with van der Waals surface area (Å²) < 4.78 is 37.3. The zero-order chi connectivity index (χ0) is 15.3. The lowest BCUT2D eigenvalue weighted by Gasteiger charge is -2.13. The predicted molar refractivity (Wildman–Crippen MR) is 77.9 cm³/mol. The first-order chi connectivity index (χ1) is 10.0. The summed E-state index contributed by atoms with van der Waals surface area (Å²) in [4.78, 5) is 6.26. The van der Waals surface area contributed by atoms with E-state index in [1.807, 2.05) is 6.92 Å². The van der Waals surface area contributed by atoms with E-state index in [-0.39, 0.29) is 5.03 Å². The second-order valence-corrected chi connectivity index (χ2v) is 6.01. The van der Waals surface area contributed by atoms with Crippen LogP contribution in [0.15, 0.2) is 35.7 Å². The molecule has 0 saturated carbocycles. The molecule has 0 spiro atoms. The van der Waals surface area contributed by atoms with E-state index in [4.69, 9.17) is 9.47 Å². The maximum absolute atomic E-state index is 12.2. The highest BCUT2D eigenvalue weighted by atomic mass is 32.2. The molecule has 8 heteroatoms. The average Bonchev–Trinajstić information content (AvgIpc) is 2.97. The van der Waals surface area contributed by atoms with E-state index < -0.39 is 10.0 Å². The molecule has 0 radical (unpaired) electrons. The smallest absolute Gasteiger partial charge is 0.279 e. The van der Waals surface area contributed by atoms with E-state index in [0.29, 0.717) is 24.7 Å². The van der Waals surface area contributed by atoms with Gasteiger partial charge < -0.3 is 14.5 Å². The Morgan fingerprint density at radius 1 is 1.33 bits per heavy atom. The Kier molecular flexibility index (Phi) is 4.81. The summed E-state index contributed by atoms with van der Waals surface area (Å²) in [5.41, 5.74) is 1.33. The summed E-state index contributed by atoms with van der Waals surface area (Å²) in [7, 11) is -2.14. The van der Waals surface area contributed by atoms with Crippen molar-refractivity contribution in [2.45, 2.75) is 11.9 Å². The lowest BCUT2D eigenvalue weighted by Crippen LogP contribution is -2.15. The first kappa shape index (κ1) is 15.3. The van der Waals surface area contributed by atoms with Gasteiger partial charge in [-0.25, -0.2) is 4.98 Å². The summed E-state index contributed by atoms with van der Waals surface area (Å²) in [6.45, 7) is 2.65. The van der Waals surface area contributed by atoms with Crippen LogP contribution in [0.4, 0.5) is 5.69 Å². The van der Waals surface area contributed by atoms with Crippen molar-refractivity contribution in [3.8, 4) is 5.75 Å². The molecule has 114 valence electrons. The number of aromatic nitrogens is 2. The van der Waals surface area contributed by atoms with Crippen LogP contribution in [-0.2, 0) is 14.8 Å². The van der Waals surface area contributed by atoms with Crippen molar-refractivity contribution in [3.63, 3.8) is 0 Å². The number of hydrogen-bond donors (Lipinski definition) is 2. The highest BCUT2D eigenvalue weighted by Gasteiger charge is 2.18. The van der Waals surface area contributed by atoms with Crippen LogP contribution in [0.3, 0.4) is 0 Å². The van der Waals surface area contributed by atoms with Crippen molar-refractivity contribution in [1.82, 2.24) is 9.97 Å². The summed E-state index contributed by atoms with van der Waals surface area (Å²) in [5, 5.41) is -0.00841. The third kappa shape index (κ3) is 3.96. The Morgan fingerprint density at radius 3 is 2.81 bits per heavy atom. The van der Waals surface area contributed by atoms with Crippen molar-refractivity contribution >= 4 is 15.7 Å². The van der Waals surface area contributed by atoms with Gasteiger partial charge in [-0.2, -0.15) is 8.42 Å². The number of imidazole rings is 1. The van der Waals surface area contributed by atoms with E-state index in [2.05, 4.69) is 14.7 Å². The minimum Gasteiger partial charge on any atom is -0.489 e. The lowest BCUT2D eigenvalue weighted by molar-refractivity contribution is 0.146. The van der Waals surface area contributed by atoms with Gasteiger partial charge in [-0.05, 0) is 24.6 Å². The molecule has 2 aromatic rings. The third-order valence-electron chi connectivity index (χ3n) is 2.69. The molecular weight excluding hydrogens is 294 g/mol. The van der Waals surface area contributed by atoms with Crippen molar-refractivity contribution in [1.29, 1.82) is 0 Å². The third-order valence-corrected chi connectivity index (χ3v) is 3.98. The molecule has 0 saturated heterocycles. The quantitative estimate of drug-likeness (QED) is 0.757. The molecule has 0 fully saturated rings. The van der Waals surface area contributed by atoms with Crippen LogP contribution >= 0.6 is 0 Å². The Bertz CT molecular complexity index is 683. The average molecular weight is 311 g/mol. The van der Waals surface area contributed by atoms with Crippen LogP contribution in [0.25, 0.3) is 0 Å². The molecule has 7 nitrogen and oxygen atoms in total. The van der Waals surface area contributed by atoms with Gasteiger partial charge in [0.2, 0.25) is 0 Å². The van der Waals surface area contributed by atoms with Crippen LogP contribution < -0.4 is 9.46 Å². The fourth-order valence-corrected chi connectivity index (χ4v) is 2.63. The number of ether oxygens (including phenoxy) is 2. The molecule has 1 aromatic heterocycles. The molecule has 2 N–H and O–H groups in total. The number of nitrogens with one attached hydrogen (secondary N) is 2. The van der Waals surface area contributed by atoms with Crippen LogP contribution in [-0.4, -0.2) is 38.7 Å². The van der Waals surface area contributed by atoms with E-state index in [9.17, 15) is 8.42 Å². The zero-order valence-electron chi connectivity index (χ0n) is 11.8. The minimum atomic E-state index is -3.72. The van der Waals surface area contributed by atoms with Gasteiger partial charge in [0.1, 0.15) is 12.4 Å². The molecule has 0 atom stereocenters. The van der Waals surface area contributed by atoms with Crippen LogP contribution in [0, 0.1) is 6.92 Å². The van der Waals surface area contributed by atoms with E-state index in [0.717, 1.165) is 5.56 Å². The maximum Gasteiger partial charge on any atom is 0.279 e. The summed E-state index contributed by atoms with van der Waals surface area (Å²) in [5.74, 6) is 0.454. The Labute approximate surface area is 123 Å². The monoisotopic (exact) mass is 311 g/mol. The van der Waals surface area contributed by atoms with Gasteiger partial charge in [-0.15, -0.1) is 0 Å². The first-order valence-corrected chi connectivity index (χ1v) is 7.75. The second-order valence-electron chi connectivity index (χ2n) is 4.36. The summed E-state index contributed by atoms with van der Waals surface area (Å²) in [6, 6.07) is 5.22. The van der Waals surface area contributed by atoms with E-state index in [1.165, 1.54) is 12.5 Å². The Morgan fingerprint density at radius 2 is 2.14 bits per heavy atom. The fourth-order valence-electron chi connectivity index (χ4n) is 1.66. The molecular formula is C13H17N3O4S. The van der Waals surface area contributed by atoms with Gasteiger partial charge in [-0.3, -0.25) is 4.72 Å². The molecule has 0 amide bonds. The second kappa shape index (κ2) is 6.59. The Hall–Kier alpha value is -2.06. The van der Waals surface area contributed by atoms with E-state index >= 15 is 0 Å². The van der Waals surface area contributed by atoms with Crippen LogP contribution in [0.5, 0.6) is 5.75 Å². The lowest BCUT2D eigenvalue weighted by atomic mass is 10.2. The van der Waals surface area contributed by atoms with E-state index in [1.54, 1.807) is 25.3 Å². The molecule has 2 rings (SSSR count). The largest absolute Gasteiger partial charge is 0.489 e. The first-order valence-electron chi connectivity index (χ1n) is 6.26. The number of methoxy groups -OCH3 is 1. The number of nitrogens with zero attached hydrogens (tertiary/aromatic N) is 1. The molecule has 1 heterocycles. The molecule has 0 bridgehead atoms. The number of hydrogen-bond acceptors (Lipinski definition) is 5. The molecule has 1 aromatic carbocycles. The maximum atomic E-state index is 12.2. The van der Waals surface area contributed by atoms with Gasteiger partial charge in [-0.1, -0.05) is 6.07 Å². The topological polar surface area (TPSA) is 93.3 Å². The highest BCUT2D eigenvalue weighted by molar-refractivity contribution is 7.92. The van der Waals surface area contributed by atoms with Crippen LogP contribution in [0.1, 0.15) is 5.56 Å².